The minimum absolute atomic E-state index is 0.0195. The van der Waals surface area contributed by atoms with Crippen LogP contribution in [0.25, 0.3) is 0 Å². The van der Waals surface area contributed by atoms with Crippen LogP contribution >= 0.6 is 7.82 Å². The molecule has 10 heteroatoms. The van der Waals surface area contributed by atoms with Crippen molar-refractivity contribution < 1.29 is 42.1 Å². The molecule has 0 aliphatic carbocycles. The summed E-state index contributed by atoms with van der Waals surface area (Å²) in [5.74, 6) is -0.838. The first kappa shape index (κ1) is 72.7. The molecular weight excluding hydrogens is 966 g/mol. The molecule has 9 nitrogen and oxygen atoms in total. The van der Waals surface area contributed by atoms with Crippen molar-refractivity contribution in [2.45, 2.75) is 251 Å². The van der Waals surface area contributed by atoms with Crippen molar-refractivity contribution in [3.63, 3.8) is 0 Å². The number of carbonyl (C=O) groups excluding carboxylic acids is 2. The summed E-state index contributed by atoms with van der Waals surface area (Å²) in [6.45, 7) is 4.27. The van der Waals surface area contributed by atoms with Crippen molar-refractivity contribution in [1.82, 2.24) is 0 Å². The number of unbranched alkanes of at least 4 members (excludes halogenated alkanes) is 23. The van der Waals surface area contributed by atoms with E-state index in [9.17, 15) is 19.0 Å². The van der Waals surface area contributed by atoms with E-state index in [1.807, 2.05) is 21.1 Å². The number of hydrogen-bond donors (Lipinski definition) is 1. The van der Waals surface area contributed by atoms with Gasteiger partial charge in [-0.25, -0.2) is 4.57 Å². The molecular formula is C66H115NO8P+. The Balaban J connectivity index is 4.22. The van der Waals surface area contributed by atoms with Crippen LogP contribution in [0.3, 0.4) is 0 Å². The number of quaternary nitrogens is 1. The van der Waals surface area contributed by atoms with Crippen molar-refractivity contribution in [2.24, 2.45) is 0 Å². The number of esters is 2. The Hall–Kier alpha value is -3.33. The number of likely N-dealkylation sites (N-methyl/N-ethyl adjacent to an activating group) is 1. The third-order valence-electron chi connectivity index (χ3n) is 12.8. The van der Waals surface area contributed by atoms with E-state index < -0.39 is 26.5 Å². The van der Waals surface area contributed by atoms with Gasteiger partial charge in [-0.05, 0) is 103 Å². The van der Waals surface area contributed by atoms with Gasteiger partial charge in [0.25, 0.3) is 0 Å². The summed E-state index contributed by atoms with van der Waals surface area (Å²) < 4.78 is 34.6. The number of ether oxygens (including phenoxy) is 2. The highest BCUT2D eigenvalue weighted by molar-refractivity contribution is 7.47. The Morgan fingerprint density at radius 2 is 0.750 bits per heavy atom. The third kappa shape index (κ3) is 59.9. The molecule has 0 saturated carbocycles. The lowest BCUT2D eigenvalue weighted by Gasteiger charge is -2.24. The van der Waals surface area contributed by atoms with Crippen molar-refractivity contribution >= 4 is 19.8 Å². The second-order valence-electron chi connectivity index (χ2n) is 21.4. The molecule has 0 aliphatic heterocycles. The first-order valence-corrected chi connectivity index (χ1v) is 32.1. The Labute approximate surface area is 467 Å². The Morgan fingerprint density at radius 1 is 0.421 bits per heavy atom. The van der Waals surface area contributed by atoms with Crippen LogP contribution in [0.2, 0.25) is 0 Å². The maximum Gasteiger partial charge on any atom is 0.472 e. The monoisotopic (exact) mass is 1080 g/mol. The molecule has 0 saturated heterocycles. The highest BCUT2D eigenvalue weighted by Gasteiger charge is 2.27. The molecule has 0 bridgehead atoms. The number of nitrogens with zero attached hydrogens (tertiary/aromatic N) is 1. The number of phosphoric ester groups is 1. The molecule has 1 N–H and O–H groups in total. The average molecular weight is 1080 g/mol. The van der Waals surface area contributed by atoms with Gasteiger partial charge in [0.05, 0.1) is 27.7 Å². The molecule has 0 aromatic carbocycles. The van der Waals surface area contributed by atoms with E-state index in [0.29, 0.717) is 17.4 Å². The molecule has 0 fully saturated rings. The van der Waals surface area contributed by atoms with Crippen molar-refractivity contribution in [3.8, 4) is 0 Å². The third-order valence-corrected chi connectivity index (χ3v) is 13.8. The van der Waals surface area contributed by atoms with E-state index in [1.165, 1.54) is 122 Å². The van der Waals surface area contributed by atoms with E-state index in [1.54, 1.807) is 0 Å². The van der Waals surface area contributed by atoms with E-state index in [-0.39, 0.29) is 32.0 Å². The molecule has 76 heavy (non-hydrogen) atoms. The van der Waals surface area contributed by atoms with Gasteiger partial charge in [-0.1, -0.05) is 239 Å². The quantitative estimate of drug-likeness (QED) is 0.0211. The van der Waals surface area contributed by atoms with Crippen LogP contribution in [-0.2, 0) is 32.7 Å². The van der Waals surface area contributed by atoms with Crippen LogP contribution < -0.4 is 0 Å². The summed E-state index contributed by atoms with van der Waals surface area (Å²) in [5, 5.41) is 0. The maximum atomic E-state index is 12.8. The van der Waals surface area contributed by atoms with Gasteiger partial charge < -0.3 is 18.9 Å². The van der Waals surface area contributed by atoms with E-state index in [2.05, 4.69) is 123 Å². The first-order valence-electron chi connectivity index (χ1n) is 30.6. The lowest BCUT2D eigenvalue weighted by atomic mass is 10.0. The highest BCUT2D eigenvalue weighted by atomic mass is 31.2. The average Bonchev–Trinajstić information content (AvgIpc) is 3.38. The second kappa shape index (κ2) is 56.4. The summed E-state index contributed by atoms with van der Waals surface area (Å²) >= 11 is 0. The van der Waals surface area contributed by atoms with Gasteiger partial charge in [0.1, 0.15) is 19.8 Å². The summed E-state index contributed by atoms with van der Waals surface area (Å²) in [7, 11) is 1.44. The molecule has 0 aliphatic rings. The first-order chi connectivity index (χ1) is 37.0. The zero-order valence-corrected chi connectivity index (χ0v) is 50.3. The summed E-state index contributed by atoms with van der Waals surface area (Å²) in [6.07, 6.45) is 78.8. The Kier molecular flexibility index (Phi) is 53.9. The predicted octanol–water partition coefficient (Wildman–Crippen LogP) is 19.4. The molecule has 0 rings (SSSR count). The molecule has 0 amide bonds. The zero-order valence-electron chi connectivity index (χ0n) is 49.5. The fourth-order valence-electron chi connectivity index (χ4n) is 8.08. The molecule has 2 atom stereocenters. The standard InChI is InChI=1S/C66H114NO8P/c1-6-8-10-12-14-16-18-20-22-24-26-28-30-32-33-35-36-38-40-42-44-46-48-50-52-54-56-58-65(68)72-62-64(63-74-76(70,71)73-61-60-67(3,4)5)75-66(69)59-57-55-53-51-49-47-45-43-41-39-37-34-31-29-27-25-23-21-19-17-15-13-11-9-7-2/h9,11,15,17-18,20-21,23-24,26-27,29,34,37,41,43,47,49,64H,6-8,10,12-14,16,19,22,25,28,30-33,35-36,38-40,42,44-46,48,50-63H2,1-5H3/p+1/b11-9-,17-15-,20-18-,23-21-,26-24-,29-27-,37-34-,43-41-,49-47-. The molecule has 436 valence electrons. The lowest BCUT2D eigenvalue weighted by molar-refractivity contribution is -0.870. The normalized spacial score (nSPS) is 14.0. The molecule has 0 aromatic rings. The highest BCUT2D eigenvalue weighted by Crippen LogP contribution is 2.43. The van der Waals surface area contributed by atoms with Crippen LogP contribution in [0.1, 0.15) is 245 Å². The van der Waals surface area contributed by atoms with Crippen molar-refractivity contribution in [2.75, 3.05) is 47.5 Å². The molecule has 0 spiro atoms. The van der Waals surface area contributed by atoms with E-state index >= 15 is 0 Å². The van der Waals surface area contributed by atoms with Gasteiger partial charge >= 0.3 is 19.8 Å². The summed E-state index contributed by atoms with van der Waals surface area (Å²) in [4.78, 5) is 35.7. The predicted molar refractivity (Wildman–Crippen MR) is 325 cm³/mol. The molecule has 0 heterocycles. The van der Waals surface area contributed by atoms with Gasteiger partial charge in [0.15, 0.2) is 6.10 Å². The maximum absolute atomic E-state index is 12.8. The smallest absolute Gasteiger partial charge is 0.462 e. The zero-order chi connectivity index (χ0) is 55.6. The number of carbonyl (C=O) groups is 2. The topological polar surface area (TPSA) is 108 Å². The molecule has 0 aromatic heterocycles. The lowest BCUT2D eigenvalue weighted by Crippen LogP contribution is -2.37. The van der Waals surface area contributed by atoms with Crippen LogP contribution in [-0.4, -0.2) is 74.9 Å². The van der Waals surface area contributed by atoms with Gasteiger partial charge in [0.2, 0.25) is 0 Å². The number of phosphoric acid groups is 1. The minimum atomic E-state index is -4.40. The van der Waals surface area contributed by atoms with Crippen molar-refractivity contribution in [1.29, 1.82) is 0 Å². The summed E-state index contributed by atoms with van der Waals surface area (Å²) in [6, 6.07) is 0. The fraction of sp³-hybridized carbons (Fsp3) is 0.697. The van der Waals surface area contributed by atoms with Crippen molar-refractivity contribution in [3.05, 3.63) is 109 Å². The van der Waals surface area contributed by atoms with Gasteiger partial charge in [-0.2, -0.15) is 0 Å². The number of hydrogen-bond acceptors (Lipinski definition) is 7. The molecule has 0 radical (unpaired) electrons. The number of allylic oxidation sites excluding steroid dienone is 18. The van der Waals surface area contributed by atoms with Crippen LogP contribution in [0, 0.1) is 0 Å². The van der Waals surface area contributed by atoms with Crippen LogP contribution in [0.5, 0.6) is 0 Å². The van der Waals surface area contributed by atoms with Gasteiger partial charge in [-0.15, -0.1) is 0 Å². The molecule has 2 unspecified atom stereocenters. The van der Waals surface area contributed by atoms with Crippen LogP contribution in [0.4, 0.5) is 0 Å². The van der Waals surface area contributed by atoms with Gasteiger partial charge in [-0.3, -0.25) is 18.6 Å². The minimum Gasteiger partial charge on any atom is -0.462 e. The SMILES string of the molecule is CC/C=C\C/C=C\C/C=C\C/C=C\C/C=C\C/C=C\C/C=C\CCCCCC(=O)OC(COC(=O)CCCCCCCCCCCCCCCCC/C=C\C/C=C\CCCCCCC)COP(=O)(O)OCC[N+](C)(C)C. The van der Waals surface area contributed by atoms with Gasteiger partial charge in [0, 0.05) is 12.8 Å². The Bertz CT molecular complexity index is 1650. The second-order valence-corrected chi connectivity index (χ2v) is 22.8. The summed E-state index contributed by atoms with van der Waals surface area (Å²) in [5.41, 5.74) is 0. The largest absolute Gasteiger partial charge is 0.472 e. The van der Waals surface area contributed by atoms with E-state index in [0.717, 1.165) is 89.9 Å². The number of rotatable bonds is 55. The Morgan fingerprint density at radius 3 is 1.13 bits per heavy atom. The van der Waals surface area contributed by atoms with E-state index in [4.69, 9.17) is 18.5 Å². The fourth-order valence-corrected chi connectivity index (χ4v) is 8.83. The van der Waals surface area contributed by atoms with Crippen LogP contribution in [0.15, 0.2) is 109 Å².